The maximum absolute atomic E-state index is 9.12. The van der Waals surface area contributed by atoms with Crippen LogP contribution in [0, 0.1) is 17.2 Å². The van der Waals surface area contributed by atoms with Gasteiger partial charge in [0.05, 0.1) is 12.5 Å². The van der Waals surface area contributed by atoms with E-state index in [4.69, 9.17) is 5.26 Å². The van der Waals surface area contributed by atoms with Crippen molar-refractivity contribution in [3.05, 3.63) is 35.9 Å². The predicted octanol–water partition coefficient (Wildman–Crippen LogP) is 2.91. The van der Waals surface area contributed by atoms with Crippen molar-refractivity contribution in [2.45, 2.75) is 25.3 Å². The lowest BCUT2D eigenvalue weighted by Gasteiger charge is -2.37. The predicted molar refractivity (Wildman–Crippen MR) is 82.3 cm³/mol. The molecule has 1 fully saturated rings. The zero-order valence-electron chi connectivity index (χ0n) is 12.6. The lowest BCUT2D eigenvalue weighted by atomic mass is 9.93. The van der Waals surface area contributed by atoms with Gasteiger partial charge in [-0.2, -0.15) is 5.26 Å². The van der Waals surface area contributed by atoms with Crippen LogP contribution in [0.5, 0.6) is 0 Å². The highest BCUT2D eigenvalue weighted by molar-refractivity contribution is 5.20. The van der Waals surface area contributed by atoms with Crippen molar-refractivity contribution >= 4 is 0 Å². The Labute approximate surface area is 122 Å². The third-order valence-corrected chi connectivity index (χ3v) is 4.18. The lowest BCUT2D eigenvalue weighted by molar-refractivity contribution is 0.121. The molecule has 0 radical (unpaired) electrons. The second-order valence-electron chi connectivity index (χ2n) is 6.03. The molecule has 1 atom stereocenters. The van der Waals surface area contributed by atoms with E-state index in [1.54, 1.807) is 0 Å². The summed E-state index contributed by atoms with van der Waals surface area (Å²) in [7, 11) is 4.30. The van der Waals surface area contributed by atoms with Gasteiger partial charge in [-0.3, -0.25) is 4.90 Å². The molecule has 1 aliphatic heterocycles. The van der Waals surface area contributed by atoms with Gasteiger partial charge in [0.25, 0.3) is 0 Å². The Morgan fingerprint density at radius 2 is 1.90 bits per heavy atom. The van der Waals surface area contributed by atoms with E-state index >= 15 is 0 Å². The highest BCUT2D eigenvalue weighted by Crippen LogP contribution is 2.29. The molecule has 0 aliphatic carbocycles. The summed E-state index contributed by atoms with van der Waals surface area (Å²) in [5, 5.41) is 9.12. The summed E-state index contributed by atoms with van der Waals surface area (Å²) in [5.41, 5.74) is 1.28. The molecule has 3 nitrogen and oxygen atoms in total. The molecular weight excluding hydrogens is 246 g/mol. The number of piperidine rings is 1. The summed E-state index contributed by atoms with van der Waals surface area (Å²) in [4.78, 5) is 4.77. The van der Waals surface area contributed by atoms with Crippen LogP contribution in [0.3, 0.4) is 0 Å². The average Bonchev–Trinajstić information content (AvgIpc) is 2.46. The van der Waals surface area contributed by atoms with Gasteiger partial charge >= 0.3 is 0 Å². The molecule has 1 saturated heterocycles. The van der Waals surface area contributed by atoms with Gasteiger partial charge in [0.1, 0.15) is 0 Å². The van der Waals surface area contributed by atoms with E-state index in [9.17, 15) is 0 Å². The van der Waals surface area contributed by atoms with Crippen LogP contribution in [0.1, 0.15) is 30.9 Å². The molecule has 2 rings (SSSR count). The third kappa shape index (κ3) is 4.06. The van der Waals surface area contributed by atoms with E-state index in [1.165, 1.54) is 24.9 Å². The van der Waals surface area contributed by atoms with Gasteiger partial charge in [0.15, 0.2) is 0 Å². The van der Waals surface area contributed by atoms with Crippen molar-refractivity contribution in [1.29, 1.82) is 5.26 Å². The van der Waals surface area contributed by atoms with Gasteiger partial charge < -0.3 is 4.90 Å². The minimum Gasteiger partial charge on any atom is -0.309 e. The number of nitriles is 1. The van der Waals surface area contributed by atoms with Gasteiger partial charge in [0, 0.05) is 12.6 Å². The fourth-order valence-corrected chi connectivity index (χ4v) is 3.18. The zero-order chi connectivity index (χ0) is 14.4. The van der Waals surface area contributed by atoms with E-state index < -0.39 is 0 Å². The summed E-state index contributed by atoms with van der Waals surface area (Å²) < 4.78 is 0. The van der Waals surface area contributed by atoms with Crippen LogP contribution in [-0.2, 0) is 0 Å². The first kappa shape index (κ1) is 15.0. The minimum absolute atomic E-state index is 0.265. The fraction of sp³-hybridized carbons (Fsp3) is 0.588. The summed E-state index contributed by atoms with van der Waals surface area (Å²) in [6, 6.07) is 13.1. The number of benzene rings is 1. The van der Waals surface area contributed by atoms with Crippen molar-refractivity contribution in [3.8, 4) is 6.07 Å². The first-order valence-electron chi connectivity index (χ1n) is 7.51. The zero-order valence-corrected chi connectivity index (χ0v) is 12.6. The monoisotopic (exact) mass is 271 g/mol. The van der Waals surface area contributed by atoms with Crippen LogP contribution < -0.4 is 0 Å². The molecule has 1 aromatic carbocycles. The van der Waals surface area contributed by atoms with E-state index in [0.29, 0.717) is 6.42 Å². The fourth-order valence-electron chi connectivity index (χ4n) is 3.18. The molecule has 3 heteroatoms. The molecular formula is C17H25N3. The molecule has 0 amide bonds. The van der Waals surface area contributed by atoms with Crippen LogP contribution in [0.4, 0.5) is 0 Å². The van der Waals surface area contributed by atoms with Gasteiger partial charge in [0.2, 0.25) is 0 Å². The standard InChI is InChI=1S/C17H25N3/c1-19(2)14-15-9-12-20(13-10-15)17(8-11-18)16-6-4-3-5-7-16/h3-7,15,17H,8-10,12-14H2,1-2H3. The molecule has 20 heavy (non-hydrogen) atoms. The van der Waals surface area contributed by atoms with Crippen molar-refractivity contribution in [2.24, 2.45) is 5.92 Å². The van der Waals surface area contributed by atoms with E-state index in [2.05, 4.69) is 54.2 Å². The largest absolute Gasteiger partial charge is 0.309 e. The average molecular weight is 271 g/mol. The molecule has 1 aromatic rings. The lowest BCUT2D eigenvalue weighted by Crippen LogP contribution is -2.39. The van der Waals surface area contributed by atoms with Gasteiger partial charge in [-0.15, -0.1) is 0 Å². The summed E-state index contributed by atoms with van der Waals surface area (Å²) >= 11 is 0. The molecule has 1 aliphatic rings. The smallest absolute Gasteiger partial charge is 0.0641 e. The highest BCUT2D eigenvalue weighted by atomic mass is 15.2. The molecule has 1 heterocycles. The third-order valence-electron chi connectivity index (χ3n) is 4.18. The Morgan fingerprint density at radius 3 is 2.45 bits per heavy atom. The number of rotatable bonds is 5. The van der Waals surface area contributed by atoms with E-state index in [-0.39, 0.29) is 6.04 Å². The number of likely N-dealkylation sites (tertiary alicyclic amines) is 1. The Kier molecular flexibility index (Phi) is 5.58. The normalized spacial score (nSPS) is 18.9. The Bertz CT molecular complexity index is 427. The van der Waals surface area contributed by atoms with Crippen molar-refractivity contribution in [3.63, 3.8) is 0 Å². The van der Waals surface area contributed by atoms with Crippen molar-refractivity contribution in [1.82, 2.24) is 9.80 Å². The van der Waals surface area contributed by atoms with Crippen LogP contribution in [0.15, 0.2) is 30.3 Å². The van der Waals surface area contributed by atoms with Gasteiger partial charge in [-0.1, -0.05) is 30.3 Å². The Hall–Kier alpha value is -1.37. The summed E-state index contributed by atoms with van der Waals surface area (Å²) in [6.07, 6.45) is 3.07. The summed E-state index contributed by atoms with van der Waals surface area (Å²) in [6.45, 7) is 3.40. The molecule has 0 aromatic heterocycles. The molecule has 1 unspecified atom stereocenters. The first-order valence-corrected chi connectivity index (χ1v) is 7.51. The highest BCUT2D eigenvalue weighted by Gasteiger charge is 2.26. The SMILES string of the molecule is CN(C)CC1CCN(C(CC#N)c2ccccc2)CC1. The number of nitrogens with zero attached hydrogens (tertiary/aromatic N) is 3. The second-order valence-corrected chi connectivity index (χ2v) is 6.03. The molecule has 0 N–H and O–H groups in total. The van der Waals surface area contributed by atoms with Gasteiger partial charge in [-0.25, -0.2) is 0 Å². The van der Waals surface area contributed by atoms with Crippen LogP contribution >= 0.6 is 0 Å². The second kappa shape index (κ2) is 7.42. The molecule has 0 bridgehead atoms. The quantitative estimate of drug-likeness (QED) is 0.825. The Morgan fingerprint density at radius 1 is 1.25 bits per heavy atom. The van der Waals surface area contributed by atoms with E-state index in [0.717, 1.165) is 19.0 Å². The maximum atomic E-state index is 9.12. The van der Waals surface area contributed by atoms with Crippen molar-refractivity contribution < 1.29 is 0 Å². The first-order chi connectivity index (χ1) is 9.70. The summed E-state index contributed by atoms with van der Waals surface area (Å²) in [5.74, 6) is 0.805. The van der Waals surface area contributed by atoms with Crippen LogP contribution in [-0.4, -0.2) is 43.5 Å². The molecule has 108 valence electrons. The van der Waals surface area contributed by atoms with Gasteiger partial charge in [-0.05, 0) is 51.5 Å². The van der Waals surface area contributed by atoms with E-state index in [1.807, 2.05) is 6.07 Å². The van der Waals surface area contributed by atoms with Crippen molar-refractivity contribution in [2.75, 3.05) is 33.7 Å². The molecule has 0 spiro atoms. The molecule has 0 saturated carbocycles. The van der Waals surface area contributed by atoms with Crippen LogP contribution in [0.25, 0.3) is 0 Å². The number of hydrogen-bond acceptors (Lipinski definition) is 3. The van der Waals surface area contributed by atoms with Crippen LogP contribution in [0.2, 0.25) is 0 Å². The number of hydrogen-bond donors (Lipinski definition) is 0. The Balaban J connectivity index is 1.97. The maximum Gasteiger partial charge on any atom is 0.0641 e. The minimum atomic E-state index is 0.265. The topological polar surface area (TPSA) is 30.3 Å².